The summed E-state index contributed by atoms with van der Waals surface area (Å²) in [4.78, 5) is 26.1. The summed E-state index contributed by atoms with van der Waals surface area (Å²) in [7, 11) is 0. The monoisotopic (exact) mass is 315 g/mol. The summed E-state index contributed by atoms with van der Waals surface area (Å²) in [5.74, 6) is -0.251. The van der Waals surface area contributed by atoms with Gasteiger partial charge in [0.15, 0.2) is 0 Å². The minimum Gasteiger partial charge on any atom is -0.369 e. The zero-order valence-electron chi connectivity index (χ0n) is 13.6. The molecular weight excluding hydrogens is 290 g/mol. The molecule has 1 aromatic rings. The van der Waals surface area contributed by atoms with Crippen molar-refractivity contribution >= 4 is 11.8 Å². The first-order valence-corrected chi connectivity index (χ1v) is 8.45. The van der Waals surface area contributed by atoms with E-state index in [-0.39, 0.29) is 17.9 Å². The summed E-state index contributed by atoms with van der Waals surface area (Å²) in [6.07, 6.45) is 5.17. The quantitative estimate of drug-likeness (QED) is 0.886. The third kappa shape index (κ3) is 3.55. The Morgan fingerprint density at radius 3 is 2.48 bits per heavy atom. The second-order valence-electron chi connectivity index (χ2n) is 6.83. The van der Waals surface area contributed by atoms with Crippen molar-refractivity contribution in [2.75, 3.05) is 6.54 Å². The van der Waals surface area contributed by atoms with Gasteiger partial charge in [0.2, 0.25) is 5.91 Å². The molecule has 124 valence electrons. The Labute approximate surface area is 137 Å². The zero-order chi connectivity index (χ0) is 16.4. The molecule has 2 amide bonds. The number of benzene rings is 1. The lowest BCUT2D eigenvalue weighted by Crippen LogP contribution is -2.58. The lowest BCUT2D eigenvalue weighted by atomic mass is 9.81. The molecule has 1 aromatic carbocycles. The summed E-state index contributed by atoms with van der Waals surface area (Å²) in [6.45, 7) is 2.30. The first kappa shape index (κ1) is 16.0. The van der Waals surface area contributed by atoms with E-state index in [2.05, 4.69) is 10.2 Å². The molecule has 2 saturated heterocycles. The van der Waals surface area contributed by atoms with Crippen LogP contribution in [-0.2, 0) is 4.79 Å². The van der Waals surface area contributed by atoms with Gasteiger partial charge in [0.25, 0.3) is 5.91 Å². The second-order valence-corrected chi connectivity index (χ2v) is 6.83. The van der Waals surface area contributed by atoms with Gasteiger partial charge in [-0.2, -0.15) is 0 Å². The fraction of sp³-hybridized carbons (Fsp3) is 0.556. The van der Waals surface area contributed by atoms with E-state index in [1.165, 1.54) is 6.42 Å². The molecule has 3 N–H and O–H groups in total. The Bertz CT molecular complexity index is 588. The topological polar surface area (TPSA) is 75.4 Å². The van der Waals surface area contributed by atoms with Crippen LogP contribution in [0.2, 0.25) is 0 Å². The Morgan fingerprint density at radius 2 is 1.87 bits per heavy atom. The maximum absolute atomic E-state index is 12.5. The number of amides is 2. The van der Waals surface area contributed by atoms with Crippen molar-refractivity contribution in [3.05, 3.63) is 35.4 Å². The number of nitrogens with two attached hydrogens (primary N) is 1. The number of carbonyl (C=O) groups excluding carboxylic acids is 2. The number of nitrogens with zero attached hydrogens (tertiary/aromatic N) is 1. The van der Waals surface area contributed by atoms with Gasteiger partial charge < -0.3 is 11.1 Å². The van der Waals surface area contributed by atoms with Crippen LogP contribution in [0.25, 0.3) is 0 Å². The number of nitrogens with one attached hydrogen (secondary N) is 1. The molecule has 0 saturated carbocycles. The van der Waals surface area contributed by atoms with Crippen LogP contribution < -0.4 is 11.1 Å². The Morgan fingerprint density at radius 1 is 1.22 bits per heavy atom. The van der Waals surface area contributed by atoms with Gasteiger partial charge >= 0.3 is 0 Å². The van der Waals surface area contributed by atoms with Gasteiger partial charge in [0, 0.05) is 23.7 Å². The highest BCUT2D eigenvalue weighted by Crippen LogP contribution is 2.33. The van der Waals surface area contributed by atoms with Gasteiger partial charge in [0.1, 0.15) is 0 Å². The number of carbonyl (C=O) groups is 2. The summed E-state index contributed by atoms with van der Waals surface area (Å²) in [5.41, 5.74) is 7.13. The summed E-state index contributed by atoms with van der Waals surface area (Å²) >= 11 is 0. The fourth-order valence-corrected chi connectivity index (χ4v) is 4.13. The molecule has 2 bridgehead atoms. The molecule has 0 aliphatic carbocycles. The SMILES string of the molecule is Cc1ccccc1C(=O)NC1CC2CCCC(C1)N2CC(N)=O. The van der Waals surface area contributed by atoms with Crippen LogP contribution in [-0.4, -0.2) is 41.4 Å². The van der Waals surface area contributed by atoms with Gasteiger partial charge in [-0.05, 0) is 44.2 Å². The van der Waals surface area contributed by atoms with E-state index in [4.69, 9.17) is 5.73 Å². The second kappa shape index (κ2) is 6.71. The van der Waals surface area contributed by atoms with Crippen LogP contribution in [0.5, 0.6) is 0 Å². The Balaban J connectivity index is 1.66. The molecule has 23 heavy (non-hydrogen) atoms. The summed E-state index contributed by atoms with van der Waals surface area (Å²) < 4.78 is 0. The molecule has 0 radical (unpaired) electrons. The molecule has 2 atom stereocenters. The number of piperidine rings is 2. The summed E-state index contributed by atoms with van der Waals surface area (Å²) in [5, 5.41) is 3.20. The molecule has 3 rings (SSSR count). The van der Waals surface area contributed by atoms with Crippen LogP contribution in [0.15, 0.2) is 24.3 Å². The number of primary amides is 1. The predicted octanol–water partition coefficient (Wildman–Crippen LogP) is 1.60. The smallest absolute Gasteiger partial charge is 0.251 e. The number of aryl methyl sites for hydroxylation is 1. The standard InChI is InChI=1S/C18H25N3O2/c1-12-5-2-3-8-16(12)18(23)20-13-9-14-6-4-7-15(10-13)21(14)11-17(19)22/h2-3,5,8,13-15H,4,6-7,9-11H2,1H3,(H2,19,22)(H,20,23). The van der Waals surface area contributed by atoms with Crippen molar-refractivity contribution in [3.8, 4) is 0 Å². The number of rotatable bonds is 4. The van der Waals surface area contributed by atoms with Crippen molar-refractivity contribution in [3.63, 3.8) is 0 Å². The number of hydrogen-bond donors (Lipinski definition) is 2. The van der Waals surface area contributed by atoms with Crippen molar-refractivity contribution in [1.82, 2.24) is 10.2 Å². The van der Waals surface area contributed by atoms with Gasteiger partial charge in [0.05, 0.1) is 6.54 Å². The normalized spacial score (nSPS) is 27.4. The number of hydrogen-bond acceptors (Lipinski definition) is 3. The van der Waals surface area contributed by atoms with Gasteiger partial charge in [-0.1, -0.05) is 24.6 Å². The highest BCUT2D eigenvalue weighted by Gasteiger charge is 2.39. The van der Waals surface area contributed by atoms with Crippen LogP contribution in [0, 0.1) is 6.92 Å². The van der Waals surface area contributed by atoms with E-state index >= 15 is 0 Å². The van der Waals surface area contributed by atoms with E-state index in [1.54, 1.807) is 0 Å². The van der Waals surface area contributed by atoms with E-state index in [0.717, 1.165) is 36.8 Å². The van der Waals surface area contributed by atoms with Crippen LogP contribution in [0.4, 0.5) is 0 Å². The van der Waals surface area contributed by atoms with Crippen LogP contribution >= 0.6 is 0 Å². The van der Waals surface area contributed by atoms with Crippen LogP contribution in [0.1, 0.15) is 48.0 Å². The highest BCUT2D eigenvalue weighted by molar-refractivity contribution is 5.95. The minimum atomic E-state index is -0.260. The Hall–Kier alpha value is -1.88. The van der Waals surface area contributed by atoms with Crippen molar-refractivity contribution < 1.29 is 9.59 Å². The summed E-state index contributed by atoms with van der Waals surface area (Å²) in [6, 6.07) is 8.56. The molecule has 2 aliphatic heterocycles. The van der Waals surface area contributed by atoms with E-state index in [9.17, 15) is 9.59 Å². The molecular formula is C18H25N3O2. The third-order valence-corrected chi connectivity index (χ3v) is 5.19. The lowest BCUT2D eigenvalue weighted by molar-refractivity contribution is -0.122. The molecule has 2 unspecified atom stereocenters. The van der Waals surface area contributed by atoms with Gasteiger partial charge in [-0.15, -0.1) is 0 Å². The zero-order valence-corrected chi connectivity index (χ0v) is 13.6. The van der Waals surface area contributed by atoms with Crippen molar-refractivity contribution in [2.24, 2.45) is 5.73 Å². The molecule has 0 spiro atoms. The molecule has 0 aromatic heterocycles. The maximum atomic E-state index is 12.5. The van der Waals surface area contributed by atoms with Crippen molar-refractivity contribution in [1.29, 1.82) is 0 Å². The number of fused-ring (bicyclic) bond motifs is 2. The third-order valence-electron chi connectivity index (χ3n) is 5.19. The first-order chi connectivity index (χ1) is 11.0. The van der Waals surface area contributed by atoms with E-state index in [0.29, 0.717) is 18.6 Å². The molecule has 5 nitrogen and oxygen atoms in total. The molecule has 2 aliphatic rings. The largest absolute Gasteiger partial charge is 0.369 e. The average Bonchev–Trinajstić information content (AvgIpc) is 2.47. The van der Waals surface area contributed by atoms with E-state index < -0.39 is 0 Å². The van der Waals surface area contributed by atoms with Gasteiger partial charge in [-0.3, -0.25) is 14.5 Å². The minimum absolute atomic E-state index is 0.00882. The Kier molecular flexibility index (Phi) is 4.66. The highest BCUT2D eigenvalue weighted by atomic mass is 16.2. The first-order valence-electron chi connectivity index (χ1n) is 8.45. The lowest BCUT2D eigenvalue weighted by Gasteiger charge is -2.48. The molecule has 2 fully saturated rings. The van der Waals surface area contributed by atoms with Crippen LogP contribution in [0.3, 0.4) is 0 Å². The molecule has 5 heteroatoms. The van der Waals surface area contributed by atoms with Gasteiger partial charge in [-0.25, -0.2) is 0 Å². The van der Waals surface area contributed by atoms with Crippen molar-refractivity contribution in [2.45, 2.75) is 57.2 Å². The maximum Gasteiger partial charge on any atom is 0.251 e. The average molecular weight is 315 g/mol. The predicted molar refractivity (Wildman–Crippen MR) is 89.0 cm³/mol. The van der Waals surface area contributed by atoms with E-state index in [1.807, 2.05) is 31.2 Å². The fourth-order valence-electron chi connectivity index (χ4n) is 4.13. The molecule has 2 heterocycles.